The van der Waals surface area contributed by atoms with Crippen LogP contribution in [0.25, 0.3) is 0 Å². The molecule has 0 spiro atoms. The van der Waals surface area contributed by atoms with Crippen molar-refractivity contribution in [3.05, 3.63) is 47.2 Å². The van der Waals surface area contributed by atoms with Crippen LogP contribution in [0.4, 0.5) is 5.69 Å². The number of pyridine rings is 1. The normalized spacial score (nSPS) is 11.3. The average molecular weight is 432 g/mol. The molecule has 1 aromatic heterocycles. The second kappa shape index (κ2) is 11.2. The van der Waals surface area contributed by atoms with Gasteiger partial charge < -0.3 is 14.8 Å². The molecular formula is C21H25N3O5S. The van der Waals surface area contributed by atoms with Crippen molar-refractivity contribution in [2.24, 2.45) is 0 Å². The summed E-state index contributed by atoms with van der Waals surface area (Å²) in [6.45, 7) is 3.94. The number of hydrogen-bond acceptors (Lipinski definition) is 7. The molecule has 0 aliphatic heterocycles. The summed E-state index contributed by atoms with van der Waals surface area (Å²) in [5.74, 6) is 0.735. The van der Waals surface area contributed by atoms with E-state index in [1.165, 1.54) is 18.9 Å². The van der Waals surface area contributed by atoms with Gasteiger partial charge in [-0.25, -0.2) is 4.98 Å². The first-order chi connectivity index (χ1) is 14.5. The van der Waals surface area contributed by atoms with Crippen LogP contribution < -0.4 is 14.8 Å². The minimum Gasteiger partial charge on any atom is -0.491 e. The van der Waals surface area contributed by atoms with E-state index < -0.39 is 11.9 Å². The standard InChI is InChI=1S/C21H25N3O5S/c1-5-29-20-19(28-3)10-9-17(23-20)18(11-30-4)24(13-26)21(27)15-7-6-8-16(14(15)2)22-12-25/h6-10,12-13,18H,5,11H2,1-4H3,(H,22,25). The first-order valence-electron chi connectivity index (χ1n) is 9.26. The number of nitrogens with zero attached hydrogens (tertiary/aromatic N) is 2. The third kappa shape index (κ3) is 5.10. The molecule has 1 atom stereocenters. The molecule has 160 valence electrons. The molecule has 0 bridgehead atoms. The molecule has 3 amide bonds. The highest BCUT2D eigenvalue weighted by Gasteiger charge is 2.29. The van der Waals surface area contributed by atoms with E-state index in [1.54, 1.807) is 37.3 Å². The highest BCUT2D eigenvalue weighted by molar-refractivity contribution is 7.98. The molecule has 9 heteroatoms. The van der Waals surface area contributed by atoms with Gasteiger partial charge in [-0.2, -0.15) is 11.8 Å². The van der Waals surface area contributed by atoms with Crippen molar-refractivity contribution < 1.29 is 23.9 Å². The van der Waals surface area contributed by atoms with Crippen molar-refractivity contribution in [3.8, 4) is 11.6 Å². The SMILES string of the molecule is CCOc1nc(C(CSC)N(C=O)C(=O)c2cccc(NC=O)c2C)ccc1OC. The van der Waals surface area contributed by atoms with Gasteiger partial charge in [0.2, 0.25) is 12.8 Å². The first kappa shape index (κ1) is 23.2. The number of benzene rings is 1. The Morgan fingerprint density at radius 1 is 1.30 bits per heavy atom. The Kier molecular flexibility index (Phi) is 8.67. The second-order valence-electron chi connectivity index (χ2n) is 6.21. The van der Waals surface area contributed by atoms with E-state index in [2.05, 4.69) is 10.3 Å². The van der Waals surface area contributed by atoms with Gasteiger partial charge in [-0.3, -0.25) is 19.3 Å². The average Bonchev–Trinajstić information content (AvgIpc) is 2.75. The van der Waals surface area contributed by atoms with Crippen LogP contribution in [0.3, 0.4) is 0 Å². The van der Waals surface area contributed by atoms with Gasteiger partial charge in [-0.05, 0) is 49.9 Å². The van der Waals surface area contributed by atoms with Crippen molar-refractivity contribution in [1.82, 2.24) is 9.88 Å². The number of aromatic nitrogens is 1. The van der Waals surface area contributed by atoms with Gasteiger partial charge in [0.1, 0.15) is 0 Å². The summed E-state index contributed by atoms with van der Waals surface area (Å²) < 4.78 is 10.8. The Hall–Kier alpha value is -3.07. The summed E-state index contributed by atoms with van der Waals surface area (Å²) >= 11 is 1.48. The molecule has 1 heterocycles. The van der Waals surface area contributed by atoms with Gasteiger partial charge in [0.05, 0.1) is 25.5 Å². The molecule has 0 aliphatic rings. The number of carbonyl (C=O) groups excluding carboxylic acids is 3. The van der Waals surface area contributed by atoms with Crippen LogP contribution in [0.5, 0.6) is 11.6 Å². The monoisotopic (exact) mass is 431 g/mol. The topological polar surface area (TPSA) is 97.8 Å². The fraction of sp³-hybridized carbons (Fsp3) is 0.333. The summed E-state index contributed by atoms with van der Waals surface area (Å²) in [7, 11) is 1.52. The Morgan fingerprint density at radius 3 is 2.67 bits per heavy atom. The van der Waals surface area contributed by atoms with E-state index in [0.717, 1.165) is 4.90 Å². The maximum absolute atomic E-state index is 13.3. The molecule has 1 aromatic carbocycles. The van der Waals surface area contributed by atoms with Gasteiger partial charge in [-0.15, -0.1) is 0 Å². The number of anilines is 1. The number of hydrogen-bond donors (Lipinski definition) is 1. The Labute approximate surface area is 180 Å². The fourth-order valence-corrected chi connectivity index (χ4v) is 3.63. The zero-order valence-electron chi connectivity index (χ0n) is 17.4. The summed E-state index contributed by atoms with van der Waals surface area (Å²) in [6.07, 6.45) is 2.93. The number of amides is 3. The molecule has 30 heavy (non-hydrogen) atoms. The number of nitrogens with one attached hydrogen (secondary N) is 1. The molecule has 0 fully saturated rings. The van der Waals surface area contributed by atoms with Crippen LogP contribution in [0, 0.1) is 6.92 Å². The minimum atomic E-state index is -0.614. The second-order valence-corrected chi connectivity index (χ2v) is 7.12. The number of carbonyl (C=O) groups is 3. The largest absolute Gasteiger partial charge is 0.491 e. The lowest BCUT2D eigenvalue weighted by Gasteiger charge is -2.27. The van der Waals surface area contributed by atoms with E-state index in [1.807, 2.05) is 13.2 Å². The van der Waals surface area contributed by atoms with E-state index >= 15 is 0 Å². The number of ether oxygens (including phenoxy) is 2. The Balaban J connectivity index is 2.48. The number of thioether (sulfide) groups is 1. The maximum Gasteiger partial charge on any atom is 0.261 e. The number of methoxy groups -OCH3 is 1. The summed E-state index contributed by atoms with van der Waals surface area (Å²) in [6, 6.07) is 7.75. The van der Waals surface area contributed by atoms with Crippen LogP contribution in [-0.4, -0.2) is 54.3 Å². The summed E-state index contributed by atoms with van der Waals surface area (Å²) in [5.41, 5.74) is 1.90. The third-order valence-corrected chi connectivity index (χ3v) is 5.13. The fourth-order valence-electron chi connectivity index (χ4n) is 2.98. The zero-order valence-corrected chi connectivity index (χ0v) is 18.2. The predicted octanol–water partition coefficient (Wildman–Crippen LogP) is 3.07. The van der Waals surface area contributed by atoms with E-state index in [4.69, 9.17) is 9.47 Å². The van der Waals surface area contributed by atoms with Crippen LogP contribution in [0.15, 0.2) is 30.3 Å². The van der Waals surface area contributed by atoms with E-state index in [-0.39, 0.29) is 0 Å². The highest BCUT2D eigenvalue weighted by atomic mass is 32.2. The Morgan fingerprint density at radius 2 is 2.07 bits per heavy atom. The van der Waals surface area contributed by atoms with E-state index in [0.29, 0.717) is 59.3 Å². The zero-order chi connectivity index (χ0) is 22.1. The van der Waals surface area contributed by atoms with E-state index in [9.17, 15) is 14.4 Å². The predicted molar refractivity (Wildman–Crippen MR) is 116 cm³/mol. The molecule has 0 aliphatic carbocycles. The van der Waals surface area contributed by atoms with Crippen LogP contribution in [-0.2, 0) is 9.59 Å². The molecule has 8 nitrogen and oxygen atoms in total. The molecule has 2 rings (SSSR count). The Bertz CT molecular complexity index is 906. The van der Waals surface area contributed by atoms with Crippen LogP contribution >= 0.6 is 11.8 Å². The van der Waals surface area contributed by atoms with Crippen molar-refractivity contribution in [3.63, 3.8) is 0 Å². The molecule has 2 aromatic rings. The van der Waals surface area contributed by atoms with Crippen molar-refractivity contribution in [2.75, 3.05) is 31.0 Å². The van der Waals surface area contributed by atoms with Gasteiger partial charge in [0, 0.05) is 17.0 Å². The quantitative estimate of drug-likeness (QED) is 0.546. The molecule has 0 saturated carbocycles. The van der Waals surface area contributed by atoms with Gasteiger partial charge in [0.15, 0.2) is 5.75 Å². The third-order valence-electron chi connectivity index (χ3n) is 4.48. The molecular weight excluding hydrogens is 406 g/mol. The number of rotatable bonds is 11. The lowest BCUT2D eigenvalue weighted by molar-refractivity contribution is -0.117. The molecule has 1 unspecified atom stereocenters. The highest BCUT2D eigenvalue weighted by Crippen LogP contribution is 2.31. The van der Waals surface area contributed by atoms with Crippen LogP contribution in [0.2, 0.25) is 0 Å². The molecule has 0 radical (unpaired) electrons. The molecule has 0 saturated heterocycles. The lowest BCUT2D eigenvalue weighted by atomic mass is 10.0. The van der Waals surface area contributed by atoms with Gasteiger partial charge in [0.25, 0.3) is 11.8 Å². The smallest absolute Gasteiger partial charge is 0.261 e. The maximum atomic E-state index is 13.3. The molecule has 1 N–H and O–H groups in total. The van der Waals surface area contributed by atoms with Crippen molar-refractivity contribution in [1.29, 1.82) is 0 Å². The lowest BCUT2D eigenvalue weighted by Crippen LogP contribution is -2.36. The summed E-state index contributed by atoms with van der Waals surface area (Å²) in [4.78, 5) is 41.7. The minimum absolute atomic E-state index is 0.301. The van der Waals surface area contributed by atoms with Crippen molar-refractivity contribution >= 4 is 36.2 Å². The summed E-state index contributed by atoms with van der Waals surface area (Å²) in [5, 5.41) is 2.56. The van der Waals surface area contributed by atoms with Crippen molar-refractivity contribution in [2.45, 2.75) is 19.9 Å². The first-order valence-corrected chi connectivity index (χ1v) is 10.7. The van der Waals surface area contributed by atoms with Crippen LogP contribution in [0.1, 0.15) is 34.6 Å². The van der Waals surface area contributed by atoms with Gasteiger partial charge >= 0.3 is 0 Å². The van der Waals surface area contributed by atoms with Gasteiger partial charge in [-0.1, -0.05) is 6.07 Å². The number of imide groups is 1.